The summed E-state index contributed by atoms with van der Waals surface area (Å²) in [7, 11) is 0. The van der Waals surface area contributed by atoms with Crippen molar-refractivity contribution in [2.75, 3.05) is 0 Å². The second-order valence-corrected chi connectivity index (χ2v) is 15.0. The van der Waals surface area contributed by atoms with E-state index in [-0.39, 0.29) is 23.7 Å². The van der Waals surface area contributed by atoms with Crippen LogP contribution in [0.15, 0.2) is 84.0 Å². The summed E-state index contributed by atoms with van der Waals surface area (Å²) in [5.74, 6) is 0.503. The fourth-order valence-electron chi connectivity index (χ4n) is 6.81. The molecule has 2 aliphatic rings. The van der Waals surface area contributed by atoms with Crippen molar-refractivity contribution in [1.29, 1.82) is 0 Å². The Hall–Kier alpha value is -2.40. The summed E-state index contributed by atoms with van der Waals surface area (Å²) in [5, 5.41) is 64.4. The van der Waals surface area contributed by atoms with Crippen LogP contribution in [0.25, 0.3) is 0 Å². The molecule has 0 saturated heterocycles. The first-order valence-corrected chi connectivity index (χ1v) is 17.4. The SMILES string of the molecule is CC(C)C[C@]1(O)[C@H](O)C=C(C(C)C)[C@H](OCc2ccccc2)[C@@H]1O.CC(C)C[C@]1(O)[C@H](O)[C@H](OCc2ccccc2)C(C(C)C)=C[C@@H]1O. The molecule has 2 aromatic rings. The maximum Gasteiger partial charge on any atom is 0.123 e. The van der Waals surface area contributed by atoms with Gasteiger partial charge in [0, 0.05) is 0 Å². The molecule has 0 fully saturated rings. The highest BCUT2D eigenvalue weighted by atomic mass is 16.5. The summed E-state index contributed by atoms with van der Waals surface area (Å²) in [5.41, 5.74) is 0.498. The maximum atomic E-state index is 10.9. The van der Waals surface area contributed by atoms with E-state index in [2.05, 4.69) is 0 Å². The van der Waals surface area contributed by atoms with Crippen LogP contribution in [0.5, 0.6) is 0 Å². The van der Waals surface area contributed by atoms with Crippen molar-refractivity contribution in [3.8, 4) is 0 Å². The molecule has 8 heteroatoms. The highest BCUT2D eigenvalue weighted by Gasteiger charge is 2.52. The molecule has 4 rings (SSSR count). The first kappa shape index (κ1) is 40.0. The van der Waals surface area contributed by atoms with E-state index in [0.29, 0.717) is 26.1 Å². The van der Waals surface area contributed by atoms with Crippen molar-refractivity contribution >= 4 is 0 Å². The second kappa shape index (κ2) is 17.5. The molecule has 0 unspecified atom stereocenters. The van der Waals surface area contributed by atoms with Gasteiger partial charge in [-0.1, -0.05) is 128 Å². The lowest BCUT2D eigenvalue weighted by atomic mass is 9.72. The largest absolute Gasteiger partial charge is 0.387 e. The van der Waals surface area contributed by atoms with Gasteiger partial charge in [0.25, 0.3) is 0 Å². The summed E-state index contributed by atoms with van der Waals surface area (Å²) >= 11 is 0. The molecule has 0 amide bonds. The number of rotatable bonds is 12. The molecule has 0 spiro atoms. The Bertz CT molecular complexity index is 1210. The lowest BCUT2D eigenvalue weighted by molar-refractivity contribution is -0.187. The van der Waals surface area contributed by atoms with Crippen LogP contribution < -0.4 is 0 Å². The van der Waals surface area contributed by atoms with E-state index in [1.54, 1.807) is 12.2 Å². The molecule has 8 atom stereocenters. The number of benzene rings is 2. The van der Waals surface area contributed by atoms with Crippen LogP contribution >= 0.6 is 0 Å². The molecule has 6 N–H and O–H groups in total. The lowest BCUT2D eigenvalue weighted by Gasteiger charge is -2.45. The first-order valence-electron chi connectivity index (χ1n) is 17.4. The predicted molar refractivity (Wildman–Crippen MR) is 189 cm³/mol. The zero-order valence-electron chi connectivity index (χ0n) is 30.0. The average molecular weight is 669 g/mol. The van der Waals surface area contributed by atoms with E-state index in [0.717, 1.165) is 22.3 Å². The second-order valence-electron chi connectivity index (χ2n) is 15.0. The highest BCUT2D eigenvalue weighted by molar-refractivity contribution is 5.27. The first-order chi connectivity index (χ1) is 22.5. The zero-order valence-corrected chi connectivity index (χ0v) is 30.0. The standard InChI is InChI=1S/2C20H30O4/c2*1-13(2)11-20(23)17(21)10-16(14(3)4)18(19(20)22)24-12-15-8-6-5-7-9-15/h2*5-10,13-14,17-19,21-23H,11-12H2,1-4H3/t2*17-,18+,19+,20+/m10/s1. The Kier molecular flexibility index (Phi) is 14.6. The van der Waals surface area contributed by atoms with Gasteiger partial charge in [-0.25, -0.2) is 0 Å². The molecule has 8 nitrogen and oxygen atoms in total. The molecular weight excluding hydrogens is 608 g/mol. The van der Waals surface area contributed by atoms with Gasteiger partial charge in [0.15, 0.2) is 0 Å². The summed E-state index contributed by atoms with van der Waals surface area (Å²) in [6, 6.07) is 19.5. The van der Waals surface area contributed by atoms with Gasteiger partial charge in [0.05, 0.1) is 13.2 Å². The van der Waals surface area contributed by atoms with Gasteiger partial charge in [-0.15, -0.1) is 0 Å². The lowest BCUT2D eigenvalue weighted by Crippen LogP contribution is -2.61. The number of aliphatic hydroxyl groups excluding tert-OH is 4. The van der Waals surface area contributed by atoms with Crippen LogP contribution in [0.2, 0.25) is 0 Å². The van der Waals surface area contributed by atoms with Crippen LogP contribution in [-0.4, -0.2) is 78.5 Å². The molecule has 48 heavy (non-hydrogen) atoms. The van der Waals surface area contributed by atoms with Crippen LogP contribution in [0, 0.1) is 23.7 Å². The van der Waals surface area contributed by atoms with Gasteiger partial charge < -0.3 is 40.1 Å². The minimum atomic E-state index is -1.59. The number of hydrogen-bond donors (Lipinski definition) is 6. The molecule has 0 aromatic heterocycles. The van der Waals surface area contributed by atoms with Crippen LogP contribution in [0.1, 0.15) is 79.4 Å². The molecule has 268 valence electrons. The topological polar surface area (TPSA) is 140 Å². The van der Waals surface area contributed by atoms with Gasteiger partial charge in [0.1, 0.15) is 47.8 Å². The Morgan fingerprint density at radius 3 is 1.12 bits per heavy atom. The molecule has 2 aliphatic carbocycles. The van der Waals surface area contributed by atoms with E-state index >= 15 is 0 Å². The molecule has 0 saturated carbocycles. The van der Waals surface area contributed by atoms with Gasteiger partial charge >= 0.3 is 0 Å². The van der Waals surface area contributed by atoms with Crippen LogP contribution in [-0.2, 0) is 22.7 Å². The minimum absolute atomic E-state index is 0.110. The Morgan fingerprint density at radius 2 is 0.854 bits per heavy atom. The molecule has 0 heterocycles. The summed E-state index contributed by atoms with van der Waals surface area (Å²) in [6.45, 7) is 16.5. The van der Waals surface area contributed by atoms with Gasteiger partial charge in [-0.2, -0.15) is 0 Å². The summed E-state index contributed by atoms with van der Waals surface area (Å²) in [6.07, 6.45) is -1.83. The van der Waals surface area contributed by atoms with Gasteiger partial charge in [0.2, 0.25) is 0 Å². The Balaban J connectivity index is 0.000000260. The van der Waals surface area contributed by atoms with Crippen molar-refractivity contribution in [2.45, 2.75) is 129 Å². The summed E-state index contributed by atoms with van der Waals surface area (Å²) in [4.78, 5) is 0. The highest BCUT2D eigenvalue weighted by Crippen LogP contribution is 2.39. The van der Waals surface area contributed by atoms with Crippen LogP contribution in [0.3, 0.4) is 0 Å². The third-order valence-corrected chi connectivity index (χ3v) is 9.33. The van der Waals surface area contributed by atoms with E-state index in [1.807, 2.05) is 116 Å². The fraction of sp³-hybridized carbons (Fsp3) is 0.600. The predicted octanol–water partition coefficient (Wildman–Crippen LogP) is 5.33. The molecule has 2 aromatic carbocycles. The van der Waals surface area contributed by atoms with Crippen molar-refractivity contribution in [3.63, 3.8) is 0 Å². The molecule has 0 radical (unpaired) electrons. The molecular formula is C40H60O8. The summed E-state index contributed by atoms with van der Waals surface area (Å²) < 4.78 is 12.0. The van der Waals surface area contributed by atoms with Crippen molar-refractivity contribution in [2.24, 2.45) is 23.7 Å². The minimum Gasteiger partial charge on any atom is -0.387 e. The smallest absolute Gasteiger partial charge is 0.123 e. The number of aliphatic hydroxyl groups is 6. The Labute approximate surface area is 287 Å². The number of ether oxygens (including phenoxy) is 2. The molecule has 0 bridgehead atoms. The molecule has 0 aliphatic heterocycles. The van der Waals surface area contributed by atoms with Crippen molar-refractivity contribution < 1.29 is 40.1 Å². The van der Waals surface area contributed by atoms with Crippen molar-refractivity contribution in [1.82, 2.24) is 0 Å². The quantitative estimate of drug-likeness (QED) is 0.167. The monoisotopic (exact) mass is 668 g/mol. The van der Waals surface area contributed by atoms with E-state index < -0.39 is 47.8 Å². The fourth-order valence-corrected chi connectivity index (χ4v) is 6.81. The van der Waals surface area contributed by atoms with Gasteiger partial charge in [-0.3, -0.25) is 0 Å². The maximum absolute atomic E-state index is 10.9. The normalized spacial score (nSPS) is 30.7. The van der Waals surface area contributed by atoms with Crippen molar-refractivity contribution in [3.05, 3.63) is 95.1 Å². The van der Waals surface area contributed by atoms with Gasteiger partial charge in [-0.05, 0) is 58.8 Å². The Morgan fingerprint density at radius 1 is 0.542 bits per heavy atom. The third kappa shape index (κ3) is 9.86. The van der Waals surface area contributed by atoms with E-state index in [1.165, 1.54) is 0 Å². The average Bonchev–Trinajstić information content (AvgIpc) is 3.02. The zero-order chi connectivity index (χ0) is 35.8. The number of hydrogen-bond acceptors (Lipinski definition) is 8. The third-order valence-electron chi connectivity index (χ3n) is 9.33. The van der Waals surface area contributed by atoms with Crippen LogP contribution in [0.4, 0.5) is 0 Å². The van der Waals surface area contributed by atoms with E-state index in [4.69, 9.17) is 9.47 Å². The van der Waals surface area contributed by atoms with E-state index in [9.17, 15) is 30.6 Å².